The van der Waals surface area contributed by atoms with E-state index in [0.29, 0.717) is 37.3 Å². The molecule has 29 heavy (non-hydrogen) atoms. The molecule has 0 saturated carbocycles. The molecule has 6 nitrogen and oxygen atoms in total. The number of hydrogen-bond acceptors (Lipinski definition) is 5. The number of carbonyl (C=O) groups excluding carboxylic acids is 1. The Morgan fingerprint density at radius 2 is 1.76 bits per heavy atom. The largest absolute Gasteiger partial charge is 0.378 e. The molecule has 0 bridgehead atoms. The minimum Gasteiger partial charge on any atom is -0.378 e. The van der Waals surface area contributed by atoms with Gasteiger partial charge in [0.25, 0.3) is 0 Å². The summed E-state index contributed by atoms with van der Waals surface area (Å²) in [6.07, 6.45) is 0. The molecule has 150 valence electrons. The predicted octanol–water partition coefficient (Wildman–Crippen LogP) is 3.41. The highest BCUT2D eigenvalue weighted by Gasteiger charge is 2.26. The van der Waals surface area contributed by atoms with Crippen LogP contribution < -0.4 is 0 Å². The molecular weight excluding hydrogens is 391 g/mol. The number of halogens is 1. The molecule has 1 saturated heterocycles. The van der Waals surface area contributed by atoms with Crippen LogP contribution in [0.2, 0.25) is 0 Å². The molecule has 0 radical (unpaired) electrons. The van der Waals surface area contributed by atoms with Crippen molar-refractivity contribution in [2.45, 2.75) is 17.3 Å². The van der Waals surface area contributed by atoms with E-state index in [1.54, 1.807) is 12.1 Å². The first-order chi connectivity index (χ1) is 14.1. The van der Waals surface area contributed by atoms with Gasteiger partial charge >= 0.3 is 0 Å². The van der Waals surface area contributed by atoms with Crippen LogP contribution in [0.4, 0.5) is 4.39 Å². The Morgan fingerprint density at radius 1 is 1.07 bits per heavy atom. The molecule has 1 aromatic heterocycles. The maximum Gasteiger partial charge on any atom is 0.236 e. The zero-order valence-electron chi connectivity index (χ0n) is 16.0. The van der Waals surface area contributed by atoms with Crippen molar-refractivity contribution in [2.24, 2.45) is 0 Å². The summed E-state index contributed by atoms with van der Waals surface area (Å²) in [7, 11) is 0. The van der Waals surface area contributed by atoms with Crippen LogP contribution in [0, 0.1) is 5.82 Å². The van der Waals surface area contributed by atoms with Gasteiger partial charge in [-0.05, 0) is 43.3 Å². The van der Waals surface area contributed by atoms with E-state index in [9.17, 15) is 9.18 Å². The molecule has 1 amide bonds. The van der Waals surface area contributed by atoms with Gasteiger partial charge in [0.15, 0.2) is 11.0 Å². The molecule has 1 fully saturated rings. The molecule has 3 aromatic rings. The molecule has 1 atom stereocenters. The SMILES string of the molecule is CC(Sc1nnc(-c2ccc(F)cc2)n1-c1ccccc1)C(=O)N1CCOCC1. The summed E-state index contributed by atoms with van der Waals surface area (Å²) in [6.45, 7) is 4.23. The van der Waals surface area contributed by atoms with Crippen LogP contribution in [0.1, 0.15) is 6.92 Å². The molecule has 1 aliphatic heterocycles. The molecule has 0 spiro atoms. The second-order valence-electron chi connectivity index (χ2n) is 6.68. The van der Waals surface area contributed by atoms with E-state index in [4.69, 9.17) is 4.74 Å². The Balaban J connectivity index is 1.66. The van der Waals surface area contributed by atoms with Gasteiger partial charge in [0.1, 0.15) is 5.82 Å². The number of hydrogen-bond donors (Lipinski definition) is 0. The topological polar surface area (TPSA) is 60.2 Å². The number of ether oxygens (including phenoxy) is 1. The zero-order chi connectivity index (χ0) is 20.2. The number of nitrogens with zero attached hydrogens (tertiary/aromatic N) is 4. The van der Waals surface area contributed by atoms with Gasteiger partial charge in [0, 0.05) is 24.3 Å². The summed E-state index contributed by atoms with van der Waals surface area (Å²) in [6, 6.07) is 15.9. The second kappa shape index (κ2) is 8.75. The van der Waals surface area contributed by atoms with Gasteiger partial charge in [-0.2, -0.15) is 0 Å². The fraction of sp³-hybridized carbons (Fsp3) is 0.286. The summed E-state index contributed by atoms with van der Waals surface area (Å²) in [5.74, 6) is 0.354. The minimum absolute atomic E-state index is 0.0595. The maximum atomic E-state index is 13.4. The van der Waals surface area contributed by atoms with Gasteiger partial charge in [-0.15, -0.1) is 10.2 Å². The van der Waals surface area contributed by atoms with Crippen LogP contribution in [0.5, 0.6) is 0 Å². The highest BCUT2D eigenvalue weighted by molar-refractivity contribution is 8.00. The average Bonchev–Trinajstić information content (AvgIpc) is 3.18. The predicted molar refractivity (Wildman–Crippen MR) is 109 cm³/mol. The first kappa shape index (κ1) is 19.6. The van der Waals surface area contributed by atoms with E-state index in [0.717, 1.165) is 11.3 Å². The van der Waals surface area contributed by atoms with E-state index in [1.165, 1.54) is 23.9 Å². The number of benzene rings is 2. The van der Waals surface area contributed by atoms with E-state index >= 15 is 0 Å². The lowest BCUT2D eigenvalue weighted by molar-refractivity contribution is -0.134. The number of rotatable bonds is 5. The Kier molecular flexibility index (Phi) is 5.92. The second-order valence-corrected chi connectivity index (χ2v) is 7.99. The number of para-hydroxylation sites is 1. The lowest BCUT2D eigenvalue weighted by Gasteiger charge is -2.28. The summed E-state index contributed by atoms with van der Waals surface area (Å²) in [4.78, 5) is 14.6. The summed E-state index contributed by atoms with van der Waals surface area (Å²) in [5.41, 5.74) is 1.63. The van der Waals surface area contributed by atoms with E-state index < -0.39 is 0 Å². The van der Waals surface area contributed by atoms with Crippen molar-refractivity contribution in [3.05, 3.63) is 60.4 Å². The zero-order valence-corrected chi connectivity index (χ0v) is 16.8. The van der Waals surface area contributed by atoms with Crippen molar-refractivity contribution < 1.29 is 13.9 Å². The van der Waals surface area contributed by atoms with Gasteiger partial charge < -0.3 is 9.64 Å². The highest BCUT2D eigenvalue weighted by Crippen LogP contribution is 2.30. The van der Waals surface area contributed by atoms with Crippen LogP contribution in [0.25, 0.3) is 17.1 Å². The lowest BCUT2D eigenvalue weighted by atomic mass is 10.2. The molecule has 1 aliphatic rings. The number of carbonyl (C=O) groups is 1. The van der Waals surface area contributed by atoms with Gasteiger partial charge in [-0.3, -0.25) is 9.36 Å². The van der Waals surface area contributed by atoms with Crippen molar-refractivity contribution in [3.8, 4) is 17.1 Å². The smallest absolute Gasteiger partial charge is 0.236 e. The maximum absolute atomic E-state index is 13.4. The van der Waals surface area contributed by atoms with Gasteiger partial charge in [-0.1, -0.05) is 30.0 Å². The molecular formula is C21H21FN4O2S. The van der Waals surface area contributed by atoms with Gasteiger partial charge in [0.05, 0.1) is 18.5 Å². The molecule has 8 heteroatoms. The average molecular weight is 412 g/mol. The standard InChI is InChI=1S/C21H21FN4O2S/c1-15(20(27)25-11-13-28-14-12-25)29-21-24-23-19(16-7-9-17(22)10-8-16)26(21)18-5-3-2-4-6-18/h2-10,15H,11-14H2,1H3. The number of thioether (sulfide) groups is 1. The van der Waals surface area contributed by atoms with Crippen LogP contribution >= 0.6 is 11.8 Å². The van der Waals surface area contributed by atoms with Crippen LogP contribution in [-0.2, 0) is 9.53 Å². The van der Waals surface area contributed by atoms with E-state index in [2.05, 4.69) is 10.2 Å². The molecule has 1 unspecified atom stereocenters. The third-order valence-corrected chi connectivity index (χ3v) is 5.73. The first-order valence-corrected chi connectivity index (χ1v) is 10.3. The number of aromatic nitrogens is 3. The Bertz CT molecular complexity index is 972. The van der Waals surface area contributed by atoms with Crippen molar-refractivity contribution in [3.63, 3.8) is 0 Å². The van der Waals surface area contributed by atoms with E-state index in [-0.39, 0.29) is 17.0 Å². The summed E-state index contributed by atoms with van der Waals surface area (Å²) < 4.78 is 20.6. The Labute approximate surface area is 172 Å². The monoisotopic (exact) mass is 412 g/mol. The fourth-order valence-electron chi connectivity index (χ4n) is 3.19. The van der Waals surface area contributed by atoms with Crippen LogP contribution in [0.3, 0.4) is 0 Å². The van der Waals surface area contributed by atoms with Crippen LogP contribution in [-0.4, -0.2) is 57.1 Å². The van der Waals surface area contributed by atoms with Crippen molar-refractivity contribution >= 4 is 17.7 Å². The summed E-state index contributed by atoms with van der Waals surface area (Å²) in [5, 5.41) is 8.98. The number of amides is 1. The Morgan fingerprint density at radius 3 is 2.45 bits per heavy atom. The van der Waals surface area contributed by atoms with Gasteiger partial charge in [-0.25, -0.2) is 4.39 Å². The van der Waals surface area contributed by atoms with Crippen LogP contribution in [0.15, 0.2) is 59.8 Å². The fourth-order valence-corrected chi connectivity index (χ4v) is 4.14. The Hall–Kier alpha value is -2.71. The third kappa shape index (κ3) is 4.33. The normalized spacial score (nSPS) is 15.3. The van der Waals surface area contributed by atoms with Crippen molar-refractivity contribution in [2.75, 3.05) is 26.3 Å². The van der Waals surface area contributed by atoms with Gasteiger partial charge in [0.2, 0.25) is 5.91 Å². The quantitative estimate of drug-likeness (QED) is 0.601. The first-order valence-electron chi connectivity index (χ1n) is 9.43. The lowest BCUT2D eigenvalue weighted by Crippen LogP contribution is -2.44. The van der Waals surface area contributed by atoms with E-state index in [1.807, 2.05) is 46.7 Å². The molecule has 0 N–H and O–H groups in total. The molecule has 0 aliphatic carbocycles. The number of morpholine rings is 1. The minimum atomic E-state index is -0.319. The molecule has 2 aromatic carbocycles. The molecule has 2 heterocycles. The highest BCUT2D eigenvalue weighted by atomic mass is 32.2. The van der Waals surface area contributed by atoms with Crippen molar-refractivity contribution in [1.29, 1.82) is 0 Å². The third-order valence-electron chi connectivity index (χ3n) is 4.70. The van der Waals surface area contributed by atoms with Crippen molar-refractivity contribution in [1.82, 2.24) is 19.7 Å². The molecule has 4 rings (SSSR count). The summed E-state index contributed by atoms with van der Waals surface area (Å²) >= 11 is 1.37.